The molecule has 2 aromatic heterocycles. The molecule has 0 spiro atoms. The minimum Gasteiger partial charge on any atom is -0.412 e. The molecule has 0 aliphatic rings. The van der Waals surface area contributed by atoms with Crippen molar-refractivity contribution in [2.75, 3.05) is 0 Å². The average molecular weight is 238 g/mol. The normalized spacial score (nSPS) is 8.00. The van der Waals surface area contributed by atoms with Crippen molar-refractivity contribution in [1.29, 1.82) is 0 Å². The first-order chi connectivity index (χ1) is 4.88. The maximum Gasteiger partial charge on any atom is 0.276 e. The standard InChI is InChI=1S/C5H4N4O.2H2O.Zn/c10-5-3-4(7-1-6-3)8-2-9-5;;;/h1-2H,(H2,6,7,8,9,10);2*1H2;. The van der Waals surface area contributed by atoms with Crippen molar-refractivity contribution in [3.63, 3.8) is 0 Å². The molecule has 0 saturated carbocycles. The number of nitrogens with one attached hydrogen (secondary N) is 2. The van der Waals surface area contributed by atoms with Gasteiger partial charge in [-0.25, -0.2) is 9.97 Å². The summed E-state index contributed by atoms with van der Waals surface area (Å²) in [6.07, 6.45) is 2.76. The molecule has 6 N–H and O–H groups in total. The minimum absolute atomic E-state index is 0. The van der Waals surface area contributed by atoms with Gasteiger partial charge >= 0.3 is 0 Å². The number of hydrogen-bond donors (Lipinski definition) is 2. The average Bonchev–Trinajstić information content (AvgIpc) is 2.36. The summed E-state index contributed by atoms with van der Waals surface area (Å²) in [6, 6.07) is 0. The Balaban J connectivity index is 0. The van der Waals surface area contributed by atoms with E-state index in [0.717, 1.165) is 0 Å². The number of aromatic nitrogens is 4. The van der Waals surface area contributed by atoms with Crippen molar-refractivity contribution in [3.05, 3.63) is 23.0 Å². The summed E-state index contributed by atoms with van der Waals surface area (Å²) in [5.41, 5.74) is 0.675. The zero-order chi connectivity index (χ0) is 6.97. The Morgan fingerprint density at radius 2 is 1.62 bits per heavy atom. The molecule has 8 heteroatoms. The summed E-state index contributed by atoms with van der Waals surface area (Å²) in [4.78, 5) is 23.6. The van der Waals surface area contributed by atoms with Crippen LogP contribution in [0.25, 0.3) is 11.2 Å². The molecular weight excluding hydrogens is 229 g/mol. The molecule has 68 valence electrons. The molecule has 0 bridgehead atoms. The Labute approximate surface area is 85.0 Å². The van der Waals surface area contributed by atoms with Crippen molar-refractivity contribution < 1.29 is 30.4 Å². The van der Waals surface area contributed by atoms with Gasteiger partial charge in [0.2, 0.25) is 0 Å². The molecule has 0 radical (unpaired) electrons. The zero-order valence-electron chi connectivity index (χ0n) is 6.66. The topological polar surface area (TPSA) is 137 Å². The van der Waals surface area contributed by atoms with Gasteiger partial charge in [0.15, 0.2) is 11.2 Å². The number of rotatable bonds is 0. The minimum atomic E-state index is -0.192. The summed E-state index contributed by atoms with van der Waals surface area (Å²) in [5.74, 6) is 0. The smallest absolute Gasteiger partial charge is 0.276 e. The summed E-state index contributed by atoms with van der Waals surface area (Å²) >= 11 is 0. The largest absolute Gasteiger partial charge is 0.412 e. The van der Waals surface area contributed by atoms with E-state index in [1.54, 1.807) is 0 Å². The molecule has 7 nitrogen and oxygen atoms in total. The van der Waals surface area contributed by atoms with Crippen LogP contribution in [0.4, 0.5) is 0 Å². The Morgan fingerprint density at radius 1 is 1.08 bits per heavy atom. The van der Waals surface area contributed by atoms with Crippen molar-refractivity contribution in [3.8, 4) is 0 Å². The van der Waals surface area contributed by atoms with Gasteiger partial charge in [-0.15, -0.1) is 0 Å². The maximum absolute atomic E-state index is 10.9. The summed E-state index contributed by atoms with van der Waals surface area (Å²) in [6.45, 7) is 0. The molecule has 0 aliphatic carbocycles. The van der Waals surface area contributed by atoms with Crippen LogP contribution in [0.1, 0.15) is 0 Å². The molecule has 0 amide bonds. The van der Waals surface area contributed by atoms with Crippen LogP contribution in [-0.2, 0) is 19.5 Å². The summed E-state index contributed by atoms with van der Waals surface area (Å²) < 4.78 is 0. The third kappa shape index (κ3) is 2.41. The van der Waals surface area contributed by atoms with E-state index in [4.69, 9.17) is 0 Å². The Bertz CT molecular complexity index is 411. The monoisotopic (exact) mass is 236 g/mol. The molecule has 2 rings (SSSR count). The summed E-state index contributed by atoms with van der Waals surface area (Å²) in [7, 11) is 0. The fourth-order valence-electron chi connectivity index (χ4n) is 0.776. The van der Waals surface area contributed by atoms with Crippen LogP contribution in [0.15, 0.2) is 17.4 Å². The van der Waals surface area contributed by atoms with Gasteiger partial charge in [0.05, 0.1) is 12.7 Å². The molecule has 2 heterocycles. The maximum atomic E-state index is 10.9. The molecule has 0 atom stereocenters. The Kier molecular flexibility index (Phi) is 6.13. The second-order valence-electron chi connectivity index (χ2n) is 1.83. The number of H-pyrrole nitrogens is 2. The molecule has 0 aliphatic heterocycles. The quantitative estimate of drug-likeness (QED) is 0.512. The number of fused-ring (bicyclic) bond motifs is 1. The molecule has 0 unspecified atom stereocenters. The molecule has 0 aromatic carbocycles. The van der Waals surface area contributed by atoms with E-state index in [0.29, 0.717) is 11.2 Å². The Hall–Kier alpha value is -1.11. The van der Waals surface area contributed by atoms with Crippen LogP contribution in [0.2, 0.25) is 0 Å². The molecule has 0 saturated heterocycles. The molecular formula is C5H8N4O3Zn. The molecule has 2 aromatic rings. The van der Waals surface area contributed by atoms with Gasteiger partial charge in [-0.3, -0.25) is 4.79 Å². The van der Waals surface area contributed by atoms with Crippen LogP contribution < -0.4 is 5.56 Å². The van der Waals surface area contributed by atoms with Crippen LogP contribution in [0, 0.1) is 0 Å². The number of nitrogens with zero attached hydrogens (tertiary/aromatic N) is 2. The van der Waals surface area contributed by atoms with Gasteiger partial charge in [-0.05, 0) is 0 Å². The predicted octanol–water partition coefficient (Wildman–Crippen LogP) is -2.01. The van der Waals surface area contributed by atoms with Crippen LogP contribution in [0.3, 0.4) is 0 Å². The van der Waals surface area contributed by atoms with Gasteiger partial charge in [0, 0.05) is 19.5 Å². The fraction of sp³-hybridized carbons (Fsp3) is 0. The first kappa shape index (κ1) is 14.4. The third-order valence-corrected chi connectivity index (χ3v) is 1.23. The SMILES string of the molecule is O.O.O=c1[nH]cnc2nc[nH]c12.[Zn]. The van der Waals surface area contributed by atoms with E-state index in [-0.39, 0.29) is 36.0 Å². The van der Waals surface area contributed by atoms with Gasteiger partial charge in [-0.2, -0.15) is 0 Å². The number of aromatic amines is 2. The zero-order valence-corrected chi connectivity index (χ0v) is 9.63. The fourth-order valence-corrected chi connectivity index (χ4v) is 0.776. The van der Waals surface area contributed by atoms with Gasteiger partial charge in [0.25, 0.3) is 5.56 Å². The van der Waals surface area contributed by atoms with Crippen molar-refractivity contribution in [1.82, 2.24) is 19.9 Å². The predicted molar refractivity (Wildman–Crippen MR) is 41.7 cm³/mol. The molecule has 0 fully saturated rings. The Morgan fingerprint density at radius 3 is 2.15 bits per heavy atom. The van der Waals surface area contributed by atoms with E-state index in [2.05, 4.69) is 19.9 Å². The van der Waals surface area contributed by atoms with Gasteiger partial charge in [0.1, 0.15) is 0 Å². The van der Waals surface area contributed by atoms with Crippen LogP contribution in [-0.4, -0.2) is 30.9 Å². The first-order valence-corrected chi connectivity index (χ1v) is 2.75. The van der Waals surface area contributed by atoms with Gasteiger partial charge < -0.3 is 20.9 Å². The van der Waals surface area contributed by atoms with Crippen molar-refractivity contribution in [2.24, 2.45) is 0 Å². The van der Waals surface area contributed by atoms with E-state index >= 15 is 0 Å². The summed E-state index contributed by atoms with van der Waals surface area (Å²) in [5, 5.41) is 0. The van der Waals surface area contributed by atoms with E-state index in [1.165, 1.54) is 12.7 Å². The van der Waals surface area contributed by atoms with E-state index < -0.39 is 0 Å². The van der Waals surface area contributed by atoms with Crippen molar-refractivity contribution >= 4 is 11.2 Å². The molecule has 13 heavy (non-hydrogen) atoms. The van der Waals surface area contributed by atoms with E-state index in [1.807, 2.05) is 0 Å². The second kappa shape index (κ2) is 5.52. The van der Waals surface area contributed by atoms with E-state index in [9.17, 15) is 4.79 Å². The third-order valence-electron chi connectivity index (χ3n) is 1.23. The van der Waals surface area contributed by atoms with Gasteiger partial charge in [-0.1, -0.05) is 0 Å². The first-order valence-electron chi connectivity index (χ1n) is 2.75. The number of imidazole rings is 1. The van der Waals surface area contributed by atoms with Crippen molar-refractivity contribution in [2.45, 2.75) is 0 Å². The van der Waals surface area contributed by atoms with Crippen LogP contribution in [0.5, 0.6) is 0 Å². The van der Waals surface area contributed by atoms with Crippen LogP contribution >= 0.6 is 0 Å². The number of hydrogen-bond acceptors (Lipinski definition) is 3. The second-order valence-corrected chi connectivity index (χ2v) is 1.83.